The molecule has 1 unspecified atom stereocenters. The zero-order valence-electron chi connectivity index (χ0n) is 14.7. The number of carbonyl (C=O) groups is 2. The SMILES string of the molecule is CC(CN(CC(=O)I)Cc1ccccc1)NC(=O)OCc1ccccc1. The molecular weight excluding hydrogens is 443 g/mol. The van der Waals surface area contributed by atoms with Gasteiger partial charge in [-0.25, -0.2) is 4.79 Å². The number of carbonyl (C=O) groups excluding carboxylic acids is 2. The summed E-state index contributed by atoms with van der Waals surface area (Å²) in [6.07, 6.45) is -0.457. The Morgan fingerprint density at radius 2 is 1.62 bits per heavy atom. The van der Waals surface area contributed by atoms with Crippen molar-refractivity contribution in [2.24, 2.45) is 0 Å². The minimum absolute atomic E-state index is 0.0670. The molecule has 138 valence electrons. The molecule has 0 saturated carbocycles. The van der Waals surface area contributed by atoms with Gasteiger partial charge >= 0.3 is 6.09 Å². The van der Waals surface area contributed by atoms with Gasteiger partial charge in [0.1, 0.15) is 6.61 Å². The first-order valence-corrected chi connectivity index (χ1v) is 9.52. The largest absolute Gasteiger partial charge is 0.445 e. The maximum Gasteiger partial charge on any atom is 0.407 e. The van der Waals surface area contributed by atoms with Gasteiger partial charge in [0.2, 0.25) is 3.79 Å². The number of alkyl carbamates (subject to hydrolysis) is 1. The number of amides is 1. The van der Waals surface area contributed by atoms with E-state index in [0.717, 1.165) is 11.1 Å². The second kappa shape index (κ2) is 10.9. The fraction of sp³-hybridized carbons (Fsp3) is 0.300. The Bertz CT molecular complexity index is 695. The maximum absolute atomic E-state index is 12.0. The van der Waals surface area contributed by atoms with Crippen LogP contribution in [0.4, 0.5) is 4.79 Å². The van der Waals surface area contributed by atoms with Gasteiger partial charge in [-0.15, -0.1) is 0 Å². The molecular formula is C20H23IN2O3. The lowest BCUT2D eigenvalue weighted by Crippen LogP contribution is -2.43. The molecule has 2 aromatic rings. The third kappa shape index (κ3) is 7.97. The van der Waals surface area contributed by atoms with Crippen molar-refractivity contribution < 1.29 is 14.3 Å². The van der Waals surface area contributed by atoms with Gasteiger partial charge in [-0.1, -0.05) is 60.7 Å². The molecule has 0 heterocycles. The smallest absolute Gasteiger partial charge is 0.407 e. The Balaban J connectivity index is 1.82. The van der Waals surface area contributed by atoms with Gasteiger partial charge in [-0.05, 0) is 18.1 Å². The summed E-state index contributed by atoms with van der Waals surface area (Å²) in [5.74, 6) is 0. The predicted molar refractivity (Wildman–Crippen MR) is 110 cm³/mol. The molecule has 0 aliphatic carbocycles. The van der Waals surface area contributed by atoms with Crippen LogP contribution in [0.3, 0.4) is 0 Å². The zero-order valence-corrected chi connectivity index (χ0v) is 16.9. The summed E-state index contributed by atoms with van der Waals surface area (Å²) in [5.41, 5.74) is 2.07. The number of halogens is 1. The number of hydrogen-bond donors (Lipinski definition) is 1. The molecule has 0 saturated heterocycles. The van der Waals surface area contributed by atoms with Crippen molar-refractivity contribution in [1.29, 1.82) is 0 Å². The molecule has 0 fully saturated rings. The number of ether oxygens (including phenoxy) is 1. The average Bonchev–Trinajstić information content (AvgIpc) is 2.61. The van der Waals surface area contributed by atoms with E-state index < -0.39 is 6.09 Å². The van der Waals surface area contributed by atoms with Crippen molar-refractivity contribution in [3.63, 3.8) is 0 Å². The Hall–Kier alpha value is -1.93. The van der Waals surface area contributed by atoms with E-state index in [-0.39, 0.29) is 16.4 Å². The van der Waals surface area contributed by atoms with Crippen LogP contribution in [0.25, 0.3) is 0 Å². The summed E-state index contributed by atoms with van der Waals surface area (Å²) in [4.78, 5) is 25.5. The number of benzene rings is 2. The highest BCUT2D eigenvalue weighted by atomic mass is 127. The fourth-order valence-electron chi connectivity index (χ4n) is 2.60. The summed E-state index contributed by atoms with van der Waals surface area (Å²) in [5, 5.41) is 2.82. The van der Waals surface area contributed by atoms with E-state index in [1.54, 1.807) is 22.6 Å². The lowest BCUT2D eigenvalue weighted by atomic mass is 10.2. The fourth-order valence-corrected chi connectivity index (χ4v) is 3.08. The molecule has 26 heavy (non-hydrogen) atoms. The van der Waals surface area contributed by atoms with E-state index in [1.165, 1.54) is 0 Å². The molecule has 6 heteroatoms. The van der Waals surface area contributed by atoms with Gasteiger partial charge < -0.3 is 10.1 Å². The quantitative estimate of drug-likeness (QED) is 0.452. The number of nitrogens with one attached hydrogen (secondary N) is 1. The third-order valence-electron chi connectivity index (χ3n) is 3.71. The van der Waals surface area contributed by atoms with Crippen molar-refractivity contribution in [1.82, 2.24) is 10.2 Å². The molecule has 1 N–H and O–H groups in total. The van der Waals surface area contributed by atoms with Crippen molar-refractivity contribution in [2.45, 2.75) is 26.1 Å². The van der Waals surface area contributed by atoms with E-state index in [4.69, 9.17) is 4.74 Å². The van der Waals surface area contributed by atoms with Gasteiger partial charge in [0.15, 0.2) is 0 Å². The molecule has 0 bridgehead atoms. The summed E-state index contributed by atoms with van der Waals surface area (Å²) in [7, 11) is 0. The van der Waals surface area contributed by atoms with E-state index in [9.17, 15) is 9.59 Å². The van der Waals surface area contributed by atoms with Crippen LogP contribution in [0.5, 0.6) is 0 Å². The standard InChI is InChI=1S/C20H23IN2O3/c1-16(22-20(25)26-15-18-10-6-3-7-11-18)12-23(14-19(21)24)13-17-8-4-2-5-9-17/h2-11,16H,12-15H2,1H3,(H,22,25). The number of nitrogens with zero attached hydrogens (tertiary/aromatic N) is 1. The Labute approximate surface area is 167 Å². The summed E-state index contributed by atoms with van der Waals surface area (Å²) >= 11 is 1.80. The molecule has 0 aliphatic heterocycles. The van der Waals surface area contributed by atoms with Crippen LogP contribution in [0.1, 0.15) is 18.1 Å². The molecule has 0 spiro atoms. The molecule has 1 atom stereocenters. The minimum atomic E-state index is -0.457. The Morgan fingerprint density at radius 3 is 2.19 bits per heavy atom. The normalized spacial score (nSPS) is 11.8. The monoisotopic (exact) mass is 466 g/mol. The van der Waals surface area contributed by atoms with Crippen LogP contribution in [-0.4, -0.2) is 33.9 Å². The van der Waals surface area contributed by atoms with Gasteiger partial charge in [-0.3, -0.25) is 9.69 Å². The summed E-state index contributed by atoms with van der Waals surface area (Å²) < 4.78 is 5.31. The lowest BCUT2D eigenvalue weighted by molar-refractivity contribution is -0.110. The van der Waals surface area contributed by atoms with Crippen LogP contribution in [-0.2, 0) is 22.7 Å². The number of rotatable bonds is 9. The highest BCUT2D eigenvalue weighted by Crippen LogP contribution is 2.07. The van der Waals surface area contributed by atoms with E-state index in [2.05, 4.69) is 5.32 Å². The van der Waals surface area contributed by atoms with Gasteiger partial charge in [0.05, 0.1) is 6.54 Å². The molecule has 5 nitrogen and oxygen atoms in total. The zero-order chi connectivity index (χ0) is 18.8. The summed E-state index contributed by atoms with van der Waals surface area (Å²) in [6, 6.07) is 19.4. The minimum Gasteiger partial charge on any atom is -0.445 e. The van der Waals surface area contributed by atoms with Gasteiger partial charge in [-0.2, -0.15) is 0 Å². The van der Waals surface area contributed by atoms with E-state index >= 15 is 0 Å². The molecule has 0 aliphatic rings. The third-order valence-corrected chi connectivity index (χ3v) is 4.05. The second-order valence-corrected chi connectivity index (χ2v) is 7.32. The summed E-state index contributed by atoms with van der Waals surface area (Å²) in [6.45, 7) is 3.68. The first kappa shape index (κ1) is 20.4. The van der Waals surface area contributed by atoms with Crippen molar-refractivity contribution >= 4 is 32.5 Å². The molecule has 2 rings (SSSR count). The van der Waals surface area contributed by atoms with Gasteiger partial charge in [0.25, 0.3) is 0 Å². The molecule has 0 aromatic heterocycles. The van der Waals surface area contributed by atoms with E-state index in [0.29, 0.717) is 19.6 Å². The molecule has 0 radical (unpaired) electrons. The molecule has 2 aromatic carbocycles. The van der Waals surface area contributed by atoms with Gasteiger partial charge in [0, 0.05) is 41.7 Å². The second-order valence-electron chi connectivity index (χ2n) is 6.12. The number of hydrogen-bond acceptors (Lipinski definition) is 4. The lowest BCUT2D eigenvalue weighted by Gasteiger charge is -2.25. The first-order chi connectivity index (χ1) is 12.5. The highest BCUT2D eigenvalue weighted by Gasteiger charge is 2.15. The highest BCUT2D eigenvalue weighted by molar-refractivity contribution is 14.1. The Morgan fingerprint density at radius 1 is 1.04 bits per heavy atom. The maximum atomic E-state index is 12.0. The van der Waals surface area contributed by atoms with Crippen molar-refractivity contribution in [3.05, 3.63) is 71.8 Å². The van der Waals surface area contributed by atoms with Crippen LogP contribution >= 0.6 is 22.6 Å². The van der Waals surface area contributed by atoms with Crippen LogP contribution < -0.4 is 5.32 Å². The predicted octanol–water partition coefficient (Wildman–Crippen LogP) is 3.77. The van der Waals surface area contributed by atoms with Crippen LogP contribution in [0.2, 0.25) is 0 Å². The van der Waals surface area contributed by atoms with Crippen LogP contribution in [0.15, 0.2) is 60.7 Å². The van der Waals surface area contributed by atoms with Crippen molar-refractivity contribution in [3.8, 4) is 0 Å². The first-order valence-electron chi connectivity index (χ1n) is 8.45. The van der Waals surface area contributed by atoms with Crippen molar-refractivity contribution in [2.75, 3.05) is 13.1 Å². The Kier molecular flexibility index (Phi) is 8.57. The molecule has 1 amide bonds. The average molecular weight is 466 g/mol. The topological polar surface area (TPSA) is 58.6 Å². The van der Waals surface area contributed by atoms with Crippen LogP contribution in [0, 0.1) is 0 Å². The van der Waals surface area contributed by atoms with E-state index in [1.807, 2.05) is 72.5 Å².